The maximum Gasteiger partial charge on any atom is 0.151 e. The first-order chi connectivity index (χ1) is 8.96. The minimum atomic E-state index is -0.607. The number of aromatic nitrogens is 2. The number of nitrogens with zero attached hydrogens (tertiary/aromatic N) is 4. The van der Waals surface area contributed by atoms with Gasteiger partial charge in [0.2, 0.25) is 0 Å². The summed E-state index contributed by atoms with van der Waals surface area (Å²) in [5.41, 5.74) is -0.607. The third kappa shape index (κ3) is 4.14. The molecule has 19 heavy (non-hydrogen) atoms. The van der Waals surface area contributed by atoms with Gasteiger partial charge in [-0.15, -0.1) is 5.10 Å². The molecule has 0 unspecified atom stereocenters. The summed E-state index contributed by atoms with van der Waals surface area (Å²) in [7, 11) is 2.08. The topological polar surface area (TPSA) is 52.5 Å². The first-order valence-electron chi connectivity index (χ1n) is 6.91. The molecular formula is C14H24N4O. The predicted octanol–water partition coefficient (Wildman–Crippen LogP) is 1.15. The summed E-state index contributed by atoms with van der Waals surface area (Å²) in [5, 5.41) is 17.9. The summed E-state index contributed by atoms with van der Waals surface area (Å²) in [6, 6.07) is 4.42. The molecule has 1 saturated heterocycles. The van der Waals surface area contributed by atoms with Crippen LogP contribution in [0.3, 0.4) is 0 Å². The molecule has 5 heteroatoms. The van der Waals surface area contributed by atoms with E-state index in [0.717, 1.165) is 38.3 Å². The van der Waals surface area contributed by atoms with E-state index < -0.39 is 5.60 Å². The van der Waals surface area contributed by atoms with E-state index in [1.807, 2.05) is 26.0 Å². The lowest BCUT2D eigenvalue weighted by Gasteiger charge is -2.38. The van der Waals surface area contributed by atoms with Crippen LogP contribution in [0.5, 0.6) is 0 Å². The molecule has 1 aliphatic rings. The van der Waals surface area contributed by atoms with Crippen molar-refractivity contribution in [3.05, 3.63) is 18.3 Å². The van der Waals surface area contributed by atoms with Crippen LogP contribution in [0.1, 0.15) is 26.7 Å². The number of likely N-dealkylation sites (tertiary alicyclic amines) is 1. The Hall–Kier alpha value is -1.20. The van der Waals surface area contributed by atoms with Gasteiger partial charge in [-0.2, -0.15) is 5.10 Å². The average Bonchev–Trinajstić information content (AvgIpc) is 2.38. The first-order valence-corrected chi connectivity index (χ1v) is 6.91. The molecule has 5 nitrogen and oxygen atoms in total. The highest BCUT2D eigenvalue weighted by molar-refractivity contribution is 5.36. The van der Waals surface area contributed by atoms with E-state index in [0.29, 0.717) is 6.04 Å². The molecule has 0 aromatic carbocycles. The van der Waals surface area contributed by atoms with Gasteiger partial charge in [-0.3, -0.25) is 0 Å². The predicted molar refractivity (Wildman–Crippen MR) is 76.2 cm³/mol. The molecule has 1 N–H and O–H groups in total. The Kier molecular flexibility index (Phi) is 4.37. The zero-order valence-corrected chi connectivity index (χ0v) is 12.1. The zero-order valence-electron chi connectivity index (χ0n) is 12.1. The number of β-amino-alcohol motifs (C(OH)–C–C–N with tert-alkyl or cyclic N) is 1. The number of anilines is 1. The van der Waals surface area contributed by atoms with Crippen LogP contribution in [0, 0.1) is 0 Å². The monoisotopic (exact) mass is 264 g/mol. The van der Waals surface area contributed by atoms with Crippen LogP contribution in [0.4, 0.5) is 5.82 Å². The highest BCUT2D eigenvalue weighted by Crippen LogP contribution is 2.20. The Labute approximate surface area is 115 Å². The molecule has 0 amide bonds. The van der Waals surface area contributed by atoms with E-state index in [-0.39, 0.29) is 0 Å². The summed E-state index contributed by atoms with van der Waals surface area (Å²) in [4.78, 5) is 4.55. The van der Waals surface area contributed by atoms with Gasteiger partial charge in [-0.1, -0.05) is 0 Å². The SMILES string of the molecule is CN(c1cccnn1)C1CCN(CC(C)(C)O)CC1. The van der Waals surface area contributed by atoms with Crippen LogP contribution >= 0.6 is 0 Å². The third-order valence-corrected chi connectivity index (χ3v) is 3.63. The summed E-state index contributed by atoms with van der Waals surface area (Å²) < 4.78 is 0. The molecule has 1 fully saturated rings. The number of piperidine rings is 1. The Morgan fingerprint density at radius 3 is 2.63 bits per heavy atom. The summed E-state index contributed by atoms with van der Waals surface area (Å²) in [5.74, 6) is 0.934. The third-order valence-electron chi connectivity index (χ3n) is 3.63. The van der Waals surface area contributed by atoms with Crippen LogP contribution in [0.15, 0.2) is 18.3 Å². The molecule has 2 rings (SSSR count). The molecule has 1 aromatic rings. The van der Waals surface area contributed by atoms with Crippen molar-refractivity contribution in [3.63, 3.8) is 0 Å². The quantitative estimate of drug-likeness (QED) is 0.884. The highest BCUT2D eigenvalue weighted by Gasteiger charge is 2.26. The van der Waals surface area contributed by atoms with Crippen LogP contribution < -0.4 is 4.90 Å². The van der Waals surface area contributed by atoms with Crippen LogP contribution in [0.25, 0.3) is 0 Å². The van der Waals surface area contributed by atoms with Gasteiger partial charge in [0.15, 0.2) is 5.82 Å². The van der Waals surface area contributed by atoms with E-state index in [2.05, 4.69) is 27.0 Å². The Morgan fingerprint density at radius 2 is 2.11 bits per heavy atom. The standard InChI is InChI=1S/C14H24N4O/c1-14(2,19)11-18-9-6-12(7-10-18)17(3)13-5-4-8-15-16-13/h4-5,8,12,19H,6-7,9-11H2,1-3H3. The maximum atomic E-state index is 9.85. The van der Waals surface area contributed by atoms with Crippen LogP contribution in [-0.4, -0.2) is 58.5 Å². The van der Waals surface area contributed by atoms with Crippen molar-refractivity contribution in [2.45, 2.75) is 38.3 Å². The normalized spacial score (nSPS) is 18.5. The van der Waals surface area contributed by atoms with Gasteiger partial charge in [0, 0.05) is 38.9 Å². The number of hydrogen-bond donors (Lipinski definition) is 1. The largest absolute Gasteiger partial charge is 0.389 e. The van der Waals surface area contributed by atoms with Crippen molar-refractivity contribution in [1.82, 2.24) is 15.1 Å². The van der Waals surface area contributed by atoms with Gasteiger partial charge >= 0.3 is 0 Å². The molecule has 0 radical (unpaired) electrons. The van der Waals surface area contributed by atoms with Crippen molar-refractivity contribution in [2.75, 3.05) is 31.6 Å². The van der Waals surface area contributed by atoms with E-state index in [9.17, 15) is 5.11 Å². The number of rotatable bonds is 4. The minimum Gasteiger partial charge on any atom is -0.389 e. The minimum absolute atomic E-state index is 0.509. The lowest BCUT2D eigenvalue weighted by Crippen LogP contribution is -2.47. The summed E-state index contributed by atoms with van der Waals surface area (Å²) in [6.45, 7) is 6.53. The summed E-state index contributed by atoms with van der Waals surface area (Å²) in [6.07, 6.45) is 3.90. The summed E-state index contributed by atoms with van der Waals surface area (Å²) >= 11 is 0. The van der Waals surface area contributed by atoms with Crippen LogP contribution in [-0.2, 0) is 0 Å². The Morgan fingerprint density at radius 1 is 1.42 bits per heavy atom. The molecule has 106 valence electrons. The van der Waals surface area contributed by atoms with Crippen LogP contribution in [0.2, 0.25) is 0 Å². The molecule has 0 aliphatic carbocycles. The molecular weight excluding hydrogens is 240 g/mol. The van der Waals surface area contributed by atoms with Crippen molar-refractivity contribution in [2.24, 2.45) is 0 Å². The Balaban J connectivity index is 1.86. The fourth-order valence-electron chi connectivity index (χ4n) is 2.68. The van der Waals surface area contributed by atoms with E-state index in [4.69, 9.17) is 0 Å². The average molecular weight is 264 g/mol. The van der Waals surface area contributed by atoms with Gasteiger partial charge in [0.25, 0.3) is 0 Å². The molecule has 2 heterocycles. The van der Waals surface area contributed by atoms with E-state index >= 15 is 0 Å². The van der Waals surface area contributed by atoms with E-state index in [1.54, 1.807) is 6.20 Å². The van der Waals surface area contributed by atoms with Crippen molar-refractivity contribution < 1.29 is 5.11 Å². The van der Waals surface area contributed by atoms with E-state index in [1.165, 1.54) is 0 Å². The second-order valence-corrected chi connectivity index (χ2v) is 6.01. The molecule has 0 spiro atoms. The second kappa shape index (κ2) is 5.84. The van der Waals surface area contributed by atoms with Gasteiger partial charge in [-0.05, 0) is 38.8 Å². The molecule has 1 aliphatic heterocycles. The zero-order chi connectivity index (χ0) is 13.9. The highest BCUT2D eigenvalue weighted by atomic mass is 16.3. The Bertz CT molecular complexity index is 382. The fraction of sp³-hybridized carbons (Fsp3) is 0.714. The number of hydrogen-bond acceptors (Lipinski definition) is 5. The van der Waals surface area contributed by atoms with Gasteiger partial charge < -0.3 is 14.9 Å². The molecule has 0 saturated carbocycles. The van der Waals surface area contributed by atoms with Gasteiger partial charge in [0.1, 0.15) is 0 Å². The number of aliphatic hydroxyl groups is 1. The molecule has 1 aromatic heterocycles. The second-order valence-electron chi connectivity index (χ2n) is 6.01. The molecule has 0 atom stereocenters. The van der Waals surface area contributed by atoms with Crippen molar-refractivity contribution in [3.8, 4) is 0 Å². The fourth-order valence-corrected chi connectivity index (χ4v) is 2.68. The lowest BCUT2D eigenvalue weighted by molar-refractivity contribution is 0.0282. The van der Waals surface area contributed by atoms with Crippen molar-refractivity contribution in [1.29, 1.82) is 0 Å². The maximum absolute atomic E-state index is 9.85. The first kappa shape index (κ1) is 14.2. The van der Waals surface area contributed by atoms with Crippen molar-refractivity contribution >= 4 is 5.82 Å². The molecule has 0 bridgehead atoms. The lowest BCUT2D eigenvalue weighted by atomic mass is 10.0. The smallest absolute Gasteiger partial charge is 0.151 e. The van der Waals surface area contributed by atoms with Gasteiger partial charge in [-0.25, -0.2) is 0 Å². The van der Waals surface area contributed by atoms with Gasteiger partial charge in [0.05, 0.1) is 5.60 Å².